The van der Waals surface area contributed by atoms with Crippen molar-refractivity contribution >= 4 is 5.91 Å². The molecule has 5 heteroatoms. The van der Waals surface area contributed by atoms with Crippen molar-refractivity contribution in [2.24, 2.45) is 0 Å². The Morgan fingerprint density at radius 2 is 1.84 bits per heavy atom. The van der Waals surface area contributed by atoms with E-state index in [1.807, 2.05) is 13.8 Å². The van der Waals surface area contributed by atoms with Gasteiger partial charge in [-0.3, -0.25) is 4.79 Å². The zero-order valence-electron chi connectivity index (χ0n) is 12.5. The quantitative estimate of drug-likeness (QED) is 0.420. The molecule has 0 radical (unpaired) electrons. The van der Waals surface area contributed by atoms with Crippen LogP contribution < -0.4 is 10.6 Å². The van der Waals surface area contributed by atoms with Gasteiger partial charge in [-0.25, -0.2) is 0 Å². The first-order valence-corrected chi connectivity index (χ1v) is 7.31. The van der Waals surface area contributed by atoms with Crippen molar-refractivity contribution < 1.29 is 15.0 Å². The molecule has 0 fully saturated rings. The van der Waals surface area contributed by atoms with E-state index in [0.29, 0.717) is 25.6 Å². The molecule has 19 heavy (non-hydrogen) atoms. The maximum absolute atomic E-state index is 11.4. The molecule has 0 saturated carbocycles. The van der Waals surface area contributed by atoms with Crippen LogP contribution >= 0.6 is 0 Å². The number of carbonyl (C=O) groups is 1. The molecule has 1 amide bonds. The van der Waals surface area contributed by atoms with Crippen LogP contribution in [0.5, 0.6) is 0 Å². The Kier molecular flexibility index (Phi) is 10.8. The molecule has 5 nitrogen and oxygen atoms in total. The van der Waals surface area contributed by atoms with Crippen LogP contribution in [0.25, 0.3) is 0 Å². The van der Waals surface area contributed by atoms with Gasteiger partial charge in [0.1, 0.15) is 0 Å². The van der Waals surface area contributed by atoms with E-state index in [1.165, 1.54) is 0 Å². The van der Waals surface area contributed by atoms with Gasteiger partial charge >= 0.3 is 0 Å². The lowest BCUT2D eigenvalue weighted by Crippen LogP contribution is -2.31. The van der Waals surface area contributed by atoms with Crippen LogP contribution in [0.2, 0.25) is 0 Å². The summed E-state index contributed by atoms with van der Waals surface area (Å²) in [5.74, 6) is -0.145. The van der Waals surface area contributed by atoms with Gasteiger partial charge < -0.3 is 20.8 Å². The minimum Gasteiger partial charge on any atom is -0.393 e. The Balaban J connectivity index is 3.65. The van der Waals surface area contributed by atoms with Gasteiger partial charge in [-0.2, -0.15) is 0 Å². The predicted molar refractivity (Wildman–Crippen MR) is 76.9 cm³/mol. The Morgan fingerprint density at radius 1 is 1.16 bits per heavy atom. The van der Waals surface area contributed by atoms with Gasteiger partial charge in [0.05, 0.1) is 18.6 Å². The normalized spacial score (nSPS) is 14.4. The minimum atomic E-state index is -0.768. The first kappa shape index (κ1) is 18.4. The molecule has 4 N–H and O–H groups in total. The number of aliphatic hydroxyl groups is 2. The highest BCUT2D eigenvalue weighted by molar-refractivity contribution is 5.76. The zero-order valence-corrected chi connectivity index (χ0v) is 12.5. The molecule has 0 aromatic carbocycles. The van der Waals surface area contributed by atoms with E-state index < -0.39 is 12.2 Å². The second kappa shape index (κ2) is 11.2. The van der Waals surface area contributed by atoms with Crippen LogP contribution in [0.3, 0.4) is 0 Å². The van der Waals surface area contributed by atoms with Crippen molar-refractivity contribution in [1.82, 2.24) is 10.6 Å². The first-order valence-electron chi connectivity index (χ1n) is 7.31. The summed E-state index contributed by atoms with van der Waals surface area (Å²) in [6.07, 6.45) is 1.56. The maximum Gasteiger partial charge on any atom is 0.222 e. The smallest absolute Gasteiger partial charge is 0.222 e. The lowest BCUT2D eigenvalue weighted by Gasteiger charge is -2.16. The summed E-state index contributed by atoms with van der Waals surface area (Å²) in [4.78, 5) is 11.4. The van der Waals surface area contributed by atoms with E-state index in [-0.39, 0.29) is 18.7 Å². The fraction of sp³-hybridized carbons (Fsp3) is 0.929. The molecule has 0 heterocycles. The van der Waals surface area contributed by atoms with Crippen LogP contribution in [0, 0.1) is 0 Å². The van der Waals surface area contributed by atoms with E-state index in [9.17, 15) is 15.0 Å². The molecule has 0 aliphatic heterocycles. The Morgan fingerprint density at radius 3 is 2.42 bits per heavy atom. The maximum atomic E-state index is 11.4. The molecule has 0 unspecified atom stereocenters. The van der Waals surface area contributed by atoms with E-state index in [2.05, 4.69) is 17.6 Å². The third kappa shape index (κ3) is 12.1. The van der Waals surface area contributed by atoms with Gasteiger partial charge in [-0.1, -0.05) is 27.2 Å². The lowest BCUT2D eigenvalue weighted by molar-refractivity contribution is -0.123. The van der Waals surface area contributed by atoms with Crippen LogP contribution in [-0.2, 0) is 4.79 Å². The highest BCUT2D eigenvalue weighted by atomic mass is 16.3. The Labute approximate surface area is 116 Å². The second-order valence-corrected chi connectivity index (χ2v) is 5.35. The summed E-state index contributed by atoms with van der Waals surface area (Å²) in [5.41, 5.74) is 0. The Hall–Kier alpha value is -0.650. The van der Waals surface area contributed by atoms with Crippen molar-refractivity contribution in [3.8, 4) is 0 Å². The van der Waals surface area contributed by atoms with Gasteiger partial charge in [0.15, 0.2) is 0 Å². The van der Waals surface area contributed by atoms with Crippen molar-refractivity contribution in [3.63, 3.8) is 0 Å². The molecule has 0 aliphatic carbocycles. The van der Waals surface area contributed by atoms with Crippen LogP contribution in [0.15, 0.2) is 0 Å². The molecule has 2 atom stereocenters. The largest absolute Gasteiger partial charge is 0.393 e. The standard InChI is InChI=1S/C14H30N2O3/c1-4-5-7-16-14(19)10-13(18)9-12(17)6-8-15-11(2)3/h11-13,15,17-18H,4-10H2,1-3H3,(H,16,19)/t12-,13-/m1/s1. The minimum absolute atomic E-state index is 0.0678. The van der Waals surface area contributed by atoms with Gasteiger partial charge in [0.2, 0.25) is 5.91 Å². The van der Waals surface area contributed by atoms with Crippen LogP contribution in [0.4, 0.5) is 0 Å². The third-order valence-electron chi connectivity index (χ3n) is 2.85. The van der Waals surface area contributed by atoms with Gasteiger partial charge in [-0.15, -0.1) is 0 Å². The summed E-state index contributed by atoms with van der Waals surface area (Å²) in [7, 11) is 0. The first-order chi connectivity index (χ1) is 8.95. The molecule has 114 valence electrons. The van der Waals surface area contributed by atoms with Crippen molar-refractivity contribution in [2.75, 3.05) is 13.1 Å². The molecule has 0 rings (SSSR count). The molecule has 0 aliphatic rings. The number of hydrogen-bond donors (Lipinski definition) is 4. The molecular formula is C14H30N2O3. The molecule has 0 saturated heterocycles. The fourth-order valence-electron chi connectivity index (χ4n) is 1.74. The fourth-order valence-corrected chi connectivity index (χ4v) is 1.74. The van der Waals surface area contributed by atoms with Crippen LogP contribution in [0.1, 0.15) is 52.9 Å². The monoisotopic (exact) mass is 274 g/mol. The second-order valence-electron chi connectivity index (χ2n) is 5.35. The number of nitrogens with one attached hydrogen (secondary N) is 2. The highest BCUT2D eigenvalue weighted by Gasteiger charge is 2.15. The summed E-state index contributed by atoms with van der Waals surface area (Å²) in [6, 6.07) is 0.390. The Bertz CT molecular complexity index is 235. The third-order valence-corrected chi connectivity index (χ3v) is 2.85. The molecular weight excluding hydrogens is 244 g/mol. The highest BCUT2D eigenvalue weighted by Crippen LogP contribution is 2.05. The SMILES string of the molecule is CCCCNC(=O)C[C@H](O)C[C@H](O)CCNC(C)C. The average molecular weight is 274 g/mol. The molecule has 0 aromatic rings. The number of hydrogen-bond acceptors (Lipinski definition) is 4. The van der Waals surface area contributed by atoms with Gasteiger partial charge in [0, 0.05) is 12.6 Å². The topological polar surface area (TPSA) is 81.6 Å². The van der Waals surface area contributed by atoms with Crippen molar-refractivity contribution in [1.29, 1.82) is 0 Å². The summed E-state index contributed by atoms with van der Waals surface area (Å²) in [6.45, 7) is 7.52. The molecule has 0 bridgehead atoms. The predicted octanol–water partition coefficient (Wildman–Crippen LogP) is 0.793. The van der Waals surface area contributed by atoms with E-state index in [1.54, 1.807) is 0 Å². The van der Waals surface area contributed by atoms with E-state index >= 15 is 0 Å². The van der Waals surface area contributed by atoms with E-state index in [0.717, 1.165) is 12.8 Å². The summed E-state index contributed by atoms with van der Waals surface area (Å²) in [5, 5.41) is 25.4. The number of aliphatic hydroxyl groups excluding tert-OH is 2. The number of amides is 1. The van der Waals surface area contributed by atoms with Crippen LogP contribution in [-0.4, -0.2) is 47.5 Å². The summed E-state index contributed by atoms with van der Waals surface area (Å²) >= 11 is 0. The van der Waals surface area contributed by atoms with Crippen molar-refractivity contribution in [3.05, 3.63) is 0 Å². The van der Waals surface area contributed by atoms with E-state index in [4.69, 9.17) is 0 Å². The summed E-state index contributed by atoms with van der Waals surface area (Å²) < 4.78 is 0. The molecule has 0 aromatic heterocycles. The van der Waals surface area contributed by atoms with Gasteiger partial charge in [-0.05, 0) is 25.8 Å². The average Bonchev–Trinajstić information content (AvgIpc) is 2.28. The zero-order chi connectivity index (χ0) is 14.7. The van der Waals surface area contributed by atoms with Crippen molar-refractivity contribution in [2.45, 2.75) is 71.1 Å². The van der Waals surface area contributed by atoms with Gasteiger partial charge in [0.25, 0.3) is 0 Å². The number of rotatable bonds is 11. The molecule has 0 spiro atoms. The number of carbonyl (C=O) groups excluding carboxylic acids is 1. The number of unbranched alkanes of at least 4 members (excludes halogenated alkanes) is 1. The lowest BCUT2D eigenvalue weighted by atomic mass is 10.1.